The van der Waals surface area contributed by atoms with Crippen LogP contribution in [0.3, 0.4) is 0 Å². The number of para-hydroxylation sites is 1. The van der Waals surface area contributed by atoms with Gasteiger partial charge in [0.15, 0.2) is 0 Å². The van der Waals surface area contributed by atoms with Crippen molar-refractivity contribution in [3.63, 3.8) is 0 Å². The number of aryl methyl sites for hydroxylation is 3. The number of carbonyl (C=O) groups excluding carboxylic acids is 1. The molecule has 2 N–H and O–H groups in total. The molecule has 0 bridgehead atoms. The van der Waals surface area contributed by atoms with E-state index in [1.54, 1.807) is 7.11 Å². The van der Waals surface area contributed by atoms with Crippen molar-refractivity contribution >= 4 is 44.7 Å². The number of rotatable bonds is 6. The highest BCUT2D eigenvalue weighted by atomic mass is 35.5. The molecule has 32 heavy (non-hydrogen) atoms. The lowest BCUT2D eigenvalue weighted by Crippen LogP contribution is -2.22. The molecule has 0 unspecified atom stereocenters. The Hall–Kier alpha value is -3.36. The summed E-state index contributed by atoms with van der Waals surface area (Å²) >= 11 is 7.26. The lowest BCUT2D eigenvalue weighted by Gasteiger charge is -2.10. The third-order valence-electron chi connectivity index (χ3n) is 5.12. The number of amides is 1. The normalized spacial score (nSPS) is 11.0. The second-order valence-electron chi connectivity index (χ2n) is 7.14. The first-order valence-electron chi connectivity index (χ1n) is 9.79. The molecule has 7 nitrogen and oxygen atoms in total. The lowest BCUT2D eigenvalue weighted by atomic mass is 10.1. The predicted molar refractivity (Wildman–Crippen MR) is 126 cm³/mol. The van der Waals surface area contributed by atoms with E-state index in [1.807, 2.05) is 31.2 Å². The molecule has 9 heteroatoms. The smallest absolute Gasteiger partial charge is 0.264 e. The summed E-state index contributed by atoms with van der Waals surface area (Å²) in [6.45, 7) is 2.24. The third-order valence-corrected chi connectivity index (χ3v) is 6.43. The number of hydrogen-bond donors (Lipinski definition) is 2. The van der Waals surface area contributed by atoms with Gasteiger partial charge < -0.3 is 15.2 Å². The van der Waals surface area contributed by atoms with E-state index in [0.29, 0.717) is 28.9 Å². The Morgan fingerprint density at radius 2 is 2.06 bits per heavy atom. The Kier molecular flexibility index (Phi) is 6.16. The maximum absolute atomic E-state index is 13.2. The van der Waals surface area contributed by atoms with Crippen molar-refractivity contribution in [2.45, 2.75) is 19.9 Å². The van der Waals surface area contributed by atoms with Gasteiger partial charge in [-0.25, -0.2) is 4.98 Å². The second kappa shape index (κ2) is 9.02. The molecular weight excluding hydrogens is 450 g/mol. The van der Waals surface area contributed by atoms with Crippen LogP contribution in [0.2, 0.25) is 5.02 Å². The Balaban J connectivity index is 1.65. The number of nitrogens with one attached hydrogen (secondary N) is 1. The topological polar surface area (TPSA) is 93.4 Å². The number of phenolic OH excluding ortho intramolecular Hbond substituents is 1. The van der Waals surface area contributed by atoms with Gasteiger partial charge in [-0.1, -0.05) is 29.8 Å². The highest BCUT2D eigenvalue weighted by molar-refractivity contribution is 7.19. The summed E-state index contributed by atoms with van der Waals surface area (Å²) in [7, 11) is 1.61. The van der Waals surface area contributed by atoms with E-state index in [4.69, 9.17) is 16.3 Å². The van der Waals surface area contributed by atoms with Crippen LogP contribution in [-0.2, 0) is 13.0 Å². The minimum atomic E-state index is -0.432. The maximum Gasteiger partial charge on any atom is 0.264 e. The number of thiophene rings is 1. The SMILES string of the molecule is COc1ccccc1CCn1cnc2sc(C)c(NC(=O)c3ccc(O)c(Cl)c3)c2c1=O. The Bertz CT molecular complexity index is 1380. The Morgan fingerprint density at radius 1 is 1.28 bits per heavy atom. The van der Waals surface area contributed by atoms with Crippen LogP contribution in [0.5, 0.6) is 11.5 Å². The summed E-state index contributed by atoms with van der Waals surface area (Å²) in [5.74, 6) is 0.225. The summed E-state index contributed by atoms with van der Waals surface area (Å²) < 4.78 is 6.92. The van der Waals surface area contributed by atoms with Crippen LogP contribution in [-0.4, -0.2) is 27.7 Å². The third kappa shape index (κ3) is 4.19. The van der Waals surface area contributed by atoms with Crippen molar-refractivity contribution in [3.8, 4) is 11.5 Å². The molecule has 0 saturated carbocycles. The zero-order valence-corrected chi connectivity index (χ0v) is 19.0. The summed E-state index contributed by atoms with van der Waals surface area (Å²) in [5.41, 5.74) is 1.46. The fraction of sp³-hybridized carbons (Fsp3) is 0.174. The van der Waals surface area contributed by atoms with Crippen molar-refractivity contribution in [3.05, 3.63) is 80.2 Å². The van der Waals surface area contributed by atoms with Gasteiger partial charge in [-0.3, -0.25) is 14.2 Å². The fourth-order valence-electron chi connectivity index (χ4n) is 3.43. The summed E-state index contributed by atoms with van der Waals surface area (Å²) in [5, 5.41) is 12.8. The molecule has 2 aromatic carbocycles. The molecule has 0 spiro atoms. The number of methoxy groups -OCH3 is 1. The first-order valence-corrected chi connectivity index (χ1v) is 11.0. The van der Waals surface area contributed by atoms with Crippen LogP contribution in [0, 0.1) is 6.92 Å². The van der Waals surface area contributed by atoms with Gasteiger partial charge in [0.25, 0.3) is 11.5 Å². The number of aromatic nitrogens is 2. The van der Waals surface area contributed by atoms with Gasteiger partial charge in [0, 0.05) is 17.0 Å². The summed E-state index contributed by atoms with van der Waals surface area (Å²) in [6.07, 6.45) is 2.12. The Morgan fingerprint density at radius 3 is 2.81 bits per heavy atom. The monoisotopic (exact) mass is 469 g/mol. The zero-order chi connectivity index (χ0) is 22.8. The first kappa shape index (κ1) is 21.9. The minimum Gasteiger partial charge on any atom is -0.506 e. The first-order chi connectivity index (χ1) is 15.4. The molecule has 0 atom stereocenters. The van der Waals surface area contributed by atoms with Gasteiger partial charge in [-0.2, -0.15) is 0 Å². The van der Waals surface area contributed by atoms with Crippen LogP contribution >= 0.6 is 22.9 Å². The number of nitrogens with zero attached hydrogens (tertiary/aromatic N) is 2. The van der Waals surface area contributed by atoms with Crippen molar-refractivity contribution in [2.75, 3.05) is 12.4 Å². The van der Waals surface area contributed by atoms with Gasteiger partial charge in [-0.05, 0) is 43.2 Å². The van der Waals surface area contributed by atoms with E-state index in [-0.39, 0.29) is 21.9 Å². The van der Waals surface area contributed by atoms with Crippen LogP contribution < -0.4 is 15.6 Å². The van der Waals surface area contributed by atoms with Gasteiger partial charge >= 0.3 is 0 Å². The van der Waals surface area contributed by atoms with Gasteiger partial charge in [-0.15, -0.1) is 11.3 Å². The van der Waals surface area contributed by atoms with E-state index in [2.05, 4.69) is 10.3 Å². The molecule has 0 saturated heterocycles. The molecule has 4 rings (SSSR count). The largest absolute Gasteiger partial charge is 0.506 e. The highest BCUT2D eigenvalue weighted by Crippen LogP contribution is 2.32. The van der Waals surface area contributed by atoms with Crippen molar-refractivity contribution < 1.29 is 14.6 Å². The van der Waals surface area contributed by atoms with Crippen LogP contribution in [0.25, 0.3) is 10.2 Å². The van der Waals surface area contributed by atoms with E-state index in [1.165, 1.54) is 40.4 Å². The quantitative estimate of drug-likeness (QED) is 0.429. The molecule has 0 radical (unpaired) electrons. The molecule has 2 aromatic heterocycles. The predicted octanol–water partition coefficient (Wildman–Crippen LogP) is 4.63. The standard InChI is InChI=1S/C23H20ClN3O4S/c1-13-20(26-21(29)15-7-8-17(28)16(24)11-15)19-22(32-13)25-12-27(23(19)30)10-9-14-5-3-4-6-18(14)31-2/h3-8,11-12,28H,9-10H2,1-2H3,(H,26,29). The van der Waals surface area contributed by atoms with Crippen molar-refractivity contribution in [1.82, 2.24) is 9.55 Å². The fourth-order valence-corrected chi connectivity index (χ4v) is 4.55. The number of benzene rings is 2. The number of phenols is 1. The van der Waals surface area contributed by atoms with E-state index < -0.39 is 5.91 Å². The average molecular weight is 470 g/mol. The number of aromatic hydroxyl groups is 1. The van der Waals surface area contributed by atoms with Gasteiger partial charge in [0.1, 0.15) is 21.7 Å². The minimum absolute atomic E-state index is 0.0740. The van der Waals surface area contributed by atoms with Gasteiger partial charge in [0.05, 0.1) is 24.1 Å². The molecule has 1 amide bonds. The number of anilines is 1. The Labute approximate surface area is 192 Å². The van der Waals surface area contributed by atoms with E-state index >= 15 is 0 Å². The van der Waals surface area contributed by atoms with Crippen molar-refractivity contribution in [2.24, 2.45) is 0 Å². The molecule has 0 fully saturated rings. The van der Waals surface area contributed by atoms with Crippen LogP contribution in [0.15, 0.2) is 53.6 Å². The van der Waals surface area contributed by atoms with E-state index in [0.717, 1.165) is 16.2 Å². The van der Waals surface area contributed by atoms with Crippen LogP contribution in [0.4, 0.5) is 5.69 Å². The molecule has 0 aliphatic rings. The van der Waals surface area contributed by atoms with Crippen LogP contribution in [0.1, 0.15) is 20.8 Å². The van der Waals surface area contributed by atoms with Crippen molar-refractivity contribution in [1.29, 1.82) is 0 Å². The molecule has 2 heterocycles. The average Bonchev–Trinajstić information content (AvgIpc) is 3.11. The molecular formula is C23H20ClN3O4S. The van der Waals surface area contributed by atoms with Gasteiger partial charge in [0.2, 0.25) is 0 Å². The zero-order valence-electron chi connectivity index (χ0n) is 17.4. The second-order valence-corrected chi connectivity index (χ2v) is 8.75. The lowest BCUT2D eigenvalue weighted by molar-refractivity contribution is 0.102. The number of carbonyl (C=O) groups is 1. The number of hydrogen-bond acceptors (Lipinski definition) is 6. The maximum atomic E-state index is 13.2. The molecule has 4 aromatic rings. The number of ether oxygens (including phenoxy) is 1. The number of fused-ring (bicyclic) bond motifs is 1. The summed E-state index contributed by atoms with van der Waals surface area (Å²) in [6, 6.07) is 11.8. The summed E-state index contributed by atoms with van der Waals surface area (Å²) in [4.78, 5) is 31.8. The number of halogens is 1. The molecule has 0 aliphatic carbocycles. The highest BCUT2D eigenvalue weighted by Gasteiger charge is 2.19. The van der Waals surface area contributed by atoms with E-state index in [9.17, 15) is 14.7 Å². The molecule has 164 valence electrons. The molecule has 0 aliphatic heterocycles.